The van der Waals surface area contributed by atoms with Crippen LogP contribution in [0.5, 0.6) is 5.75 Å². The first kappa shape index (κ1) is 20.7. The monoisotopic (exact) mass is 382 g/mol. The fourth-order valence-electron chi connectivity index (χ4n) is 3.00. The minimum absolute atomic E-state index is 0.104. The predicted molar refractivity (Wildman–Crippen MR) is 103 cm³/mol. The highest BCUT2D eigenvalue weighted by Crippen LogP contribution is 2.24. The van der Waals surface area contributed by atoms with Gasteiger partial charge in [0.25, 0.3) is 0 Å². The molecule has 0 radical (unpaired) electrons. The van der Waals surface area contributed by atoms with Crippen molar-refractivity contribution in [3.63, 3.8) is 0 Å². The lowest BCUT2D eigenvalue weighted by Crippen LogP contribution is -2.45. The maximum Gasteiger partial charge on any atom is 0.224 e. The Bertz CT molecular complexity index is 708. The Kier molecular flexibility index (Phi) is 6.69. The van der Waals surface area contributed by atoms with Crippen LogP contribution in [0.3, 0.4) is 0 Å². The molecule has 0 spiro atoms. The summed E-state index contributed by atoms with van der Waals surface area (Å²) >= 11 is 0. The maximum absolute atomic E-state index is 12.2. The van der Waals surface area contributed by atoms with Crippen molar-refractivity contribution < 1.29 is 17.9 Å². The lowest BCUT2D eigenvalue weighted by atomic mass is 9.87. The molecule has 0 aromatic heterocycles. The van der Waals surface area contributed by atoms with Crippen LogP contribution in [0, 0.1) is 5.92 Å². The summed E-state index contributed by atoms with van der Waals surface area (Å²) in [6.07, 6.45) is 2.61. The molecule has 1 saturated heterocycles. The number of sulfonamides is 1. The summed E-state index contributed by atoms with van der Waals surface area (Å²) in [5.41, 5.74) is 1.35. The molecule has 146 valence electrons. The lowest BCUT2D eigenvalue weighted by Gasteiger charge is -2.30. The van der Waals surface area contributed by atoms with E-state index in [9.17, 15) is 13.2 Å². The third kappa shape index (κ3) is 5.99. The van der Waals surface area contributed by atoms with Gasteiger partial charge in [-0.25, -0.2) is 12.7 Å². The number of carbonyl (C=O) groups is 1. The minimum Gasteiger partial charge on any atom is -0.492 e. The van der Waals surface area contributed by atoms with Crippen molar-refractivity contribution in [2.45, 2.75) is 39.0 Å². The van der Waals surface area contributed by atoms with Crippen LogP contribution in [0.25, 0.3) is 0 Å². The summed E-state index contributed by atoms with van der Waals surface area (Å²) in [5.74, 6) is 0.378. The molecule has 1 aromatic carbocycles. The summed E-state index contributed by atoms with van der Waals surface area (Å²) in [6, 6.07) is 7.98. The first-order valence-electron chi connectivity index (χ1n) is 9.03. The Balaban J connectivity index is 1.75. The molecule has 1 fully saturated rings. The van der Waals surface area contributed by atoms with Gasteiger partial charge < -0.3 is 10.1 Å². The minimum atomic E-state index is -3.24. The van der Waals surface area contributed by atoms with Gasteiger partial charge in [-0.15, -0.1) is 0 Å². The molecule has 1 unspecified atom stereocenters. The second kappa shape index (κ2) is 8.39. The van der Waals surface area contributed by atoms with Gasteiger partial charge >= 0.3 is 0 Å². The van der Waals surface area contributed by atoms with E-state index in [1.54, 1.807) is 0 Å². The van der Waals surface area contributed by atoms with Crippen LogP contribution in [-0.2, 0) is 20.2 Å². The number of rotatable bonds is 6. The molecule has 0 saturated carbocycles. The summed E-state index contributed by atoms with van der Waals surface area (Å²) in [5, 5.41) is 2.84. The van der Waals surface area contributed by atoms with E-state index < -0.39 is 10.0 Å². The molecule has 1 aliphatic rings. The molecular formula is C19H30N2O4S. The highest BCUT2D eigenvalue weighted by atomic mass is 32.2. The van der Waals surface area contributed by atoms with E-state index in [0.717, 1.165) is 5.75 Å². The van der Waals surface area contributed by atoms with E-state index in [-0.39, 0.29) is 23.8 Å². The molecule has 2 rings (SSSR count). The van der Waals surface area contributed by atoms with Gasteiger partial charge in [-0.1, -0.05) is 32.9 Å². The van der Waals surface area contributed by atoms with Crippen molar-refractivity contribution in [1.82, 2.24) is 9.62 Å². The standard InChI is InChI=1S/C19H30N2O4S/c1-19(2,3)16-7-9-17(10-8-16)25-13-11-20-18(22)15-6-5-12-21(14-15)26(4,23)24/h7-10,15H,5-6,11-14H2,1-4H3,(H,20,22). The Morgan fingerprint density at radius 1 is 1.27 bits per heavy atom. The van der Waals surface area contributed by atoms with Crippen molar-refractivity contribution in [2.75, 3.05) is 32.5 Å². The number of amides is 1. The number of hydrogen-bond donors (Lipinski definition) is 1. The SMILES string of the molecule is CC(C)(C)c1ccc(OCCNC(=O)C2CCCN(S(C)(=O)=O)C2)cc1. The van der Waals surface area contributed by atoms with Gasteiger partial charge in [0.15, 0.2) is 0 Å². The smallest absolute Gasteiger partial charge is 0.224 e. The van der Waals surface area contributed by atoms with Crippen molar-refractivity contribution in [3.05, 3.63) is 29.8 Å². The van der Waals surface area contributed by atoms with Crippen molar-refractivity contribution in [2.24, 2.45) is 5.92 Å². The molecule has 1 amide bonds. The Labute approximate surface area is 157 Å². The van der Waals surface area contributed by atoms with Gasteiger partial charge in [-0.2, -0.15) is 0 Å². The highest BCUT2D eigenvalue weighted by Gasteiger charge is 2.29. The topological polar surface area (TPSA) is 75.7 Å². The van der Waals surface area contributed by atoms with E-state index in [1.807, 2.05) is 12.1 Å². The number of benzene rings is 1. The average molecular weight is 383 g/mol. The van der Waals surface area contributed by atoms with Crippen LogP contribution in [0.15, 0.2) is 24.3 Å². The molecule has 1 N–H and O–H groups in total. The molecule has 1 heterocycles. The molecule has 6 nitrogen and oxygen atoms in total. The van der Waals surface area contributed by atoms with E-state index >= 15 is 0 Å². The summed E-state index contributed by atoms with van der Waals surface area (Å²) in [6.45, 7) is 8.02. The highest BCUT2D eigenvalue weighted by molar-refractivity contribution is 7.88. The van der Waals surface area contributed by atoms with Gasteiger partial charge in [-0.3, -0.25) is 4.79 Å². The fourth-order valence-corrected chi connectivity index (χ4v) is 3.91. The number of ether oxygens (including phenoxy) is 1. The molecule has 1 atom stereocenters. The van der Waals surface area contributed by atoms with E-state index in [4.69, 9.17) is 4.74 Å². The van der Waals surface area contributed by atoms with Crippen LogP contribution in [0.4, 0.5) is 0 Å². The second-order valence-corrected chi connectivity index (χ2v) is 9.86. The van der Waals surface area contributed by atoms with Crippen molar-refractivity contribution in [1.29, 1.82) is 0 Å². The number of nitrogens with zero attached hydrogens (tertiary/aromatic N) is 1. The van der Waals surface area contributed by atoms with Gasteiger partial charge in [-0.05, 0) is 36.0 Å². The molecule has 0 bridgehead atoms. The molecule has 7 heteroatoms. The third-order valence-corrected chi connectivity index (χ3v) is 5.88. The van der Waals surface area contributed by atoms with Crippen LogP contribution in [0.2, 0.25) is 0 Å². The van der Waals surface area contributed by atoms with Gasteiger partial charge in [0.05, 0.1) is 18.7 Å². The van der Waals surface area contributed by atoms with Crippen LogP contribution in [0.1, 0.15) is 39.2 Å². The summed E-state index contributed by atoms with van der Waals surface area (Å²) in [7, 11) is -3.24. The van der Waals surface area contributed by atoms with Gasteiger partial charge in [0.1, 0.15) is 12.4 Å². The lowest BCUT2D eigenvalue weighted by molar-refractivity contribution is -0.126. The zero-order chi connectivity index (χ0) is 19.4. The largest absolute Gasteiger partial charge is 0.492 e. The van der Waals surface area contributed by atoms with Crippen LogP contribution < -0.4 is 10.1 Å². The fraction of sp³-hybridized carbons (Fsp3) is 0.632. The van der Waals surface area contributed by atoms with E-state index in [0.29, 0.717) is 32.5 Å². The zero-order valence-electron chi connectivity index (χ0n) is 16.1. The van der Waals surface area contributed by atoms with Gasteiger partial charge in [0.2, 0.25) is 15.9 Å². The number of nitrogens with one attached hydrogen (secondary N) is 1. The number of piperidine rings is 1. The second-order valence-electron chi connectivity index (χ2n) is 7.87. The Morgan fingerprint density at radius 2 is 1.92 bits per heavy atom. The van der Waals surface area contributed by atoms with E-state index in [2.05, 4.69) is 38.2 Å². The molecule has 0 aliphatic carbocycles. The quantitative estimate of drug-likeness (QED) is 0.765. The maximum atomic E-state index is 12.2. The number of hydrogen-bond acceptors (Lipinski definition) is 4. The van der Waals surface area contributed by atoms with Crippen molar-refractivity contribution in [3.8, 4) is 5.75 Å². The van der Waals surface area contributed by atoms with Crippen LogP contribution in [-0.4, -0.2) is 51.1 Å². The Morgan fingerprint density at radius 3 is 2.50 bits per heavy atom. The normalized spacial score (nSPS) is 19.2. The first-order valence-corrected chi connectivity index (χ1v) is 10.9. The number of carbonyl (C=O) groups excluding carboxylic acids is 1. The predicted octanol–water partition coefficient (Wildman–Crippen LogP) is 2.15. The zero-order valence-corrected chi connectivity index (χ0v) is 16.9. The van der Waals surface area contributed by atoms with Gasteiger partial charge in [0, 0.05) is 13.1 Å². The van der Waals surface area contributed by atoms with E-state index in [1.165, 1.54) is 16.1 Å². The summed E-state index contributed by atoms with van der Waals surface area (Å²) in [4.78, 5) is 12.2. The first-order chi connectivity index (χ1) is 12.1. The molecular weight excluding hydrogens is 352 g/mol. The van der Waals surface area contributed by atoms with Crippen molar-refractivity contribution >= 4 is 15.9 Å². The summed E-state index contributed by atoms with van der Waals surface area (Å²) < 4.78 is 30.3. The molecule has 26 heavy (non-hydrogen) atoms. The Hall–Kier alpha value is -1.60. The third-order valence-electron chi connectivity index (χ3n) is 4.61. The molecule has 1 aliphatic heterocycles. The van der Waals surface area contributed by atoms with Crippen LogP contribution >= 0.6 is 0 Å². The average Bonchev–Trinajstić information content (AvgIpc) is 2.57. The molecule has 1 aromatic rings.